The van der Waals surface area contributed by atoms with E-state index in [4.69, 9.17) is 5.26 Å². The molecule has 0 radical (unpaired) electrons. The molecular weight excluding hydrogens is 321 g/mol. The standard InChI is InChI=1S/C13H12BrF3N2/c14-11-5-4-9(6-10(11)13(15,16)17)19-12-3-1-2-8(12)7-18/h4-6,8,12,19H,1-3H2. The number of nitriles is 1. The van der Waals surface area contributed by atoms with Crippen molar-refractivity contribution in [2.45, 2.75) is 31.5 Å². The van der Waals surface area contributed by atoms with E-state index in [9.17, 15) is 13.2 Å². The lowest BCUT2D eigenvalue weighted by Crippen LogP contribution is -2.23. The summed E-state index contributed by atoms with van der Waals surface area (Å²) in [6.07, 6.45) is -1.84. The minimum Gasteiger partial charge on any atom is -0.381 e. The Morgan fingerprint density at radius 3 is 2.68 bits per heavy atom. The van der Waals surface area contributed by atoms with Crippen LogP contribution in [0.15, 0.2) is 22.7 Å². The van der Waals surface area contributed by atoms with Gasteiger partial charge in [0.15, 0.2) is 0 Å². The van der Waals surface area contributed by atoms with Gasteiger partial charge in [-0.1, -0.05) is 15.9 Å². The smallest absolute Gasteiger partial charge is 0.381 e. The SMILES string of the molecule is N#CC1CCCC1Nc1ccc(Br)c(C(F)(F)F)c1. The van der Waals surface area contributed by atoms with Crippen LogP contribution in [-0.2, 0) is 6.18 Å². The molecule has 0 heterocycles. The van der Waals surface area contributed by atoms with E-state index in [2.05, 4.69) is 27.3 Å². The molecule has 6 heteroatoms. The summed E-state index contributed by atoms with van der Waals surface area (Å²) in [5.41, 5.74) is -0.299. The molecule has 0 saturated heterocycles. The van der Waals surface area contributed by atoms with E-state index in [1.807, 2.05) is 0 Å². The molecule has 0 spiro atoms. The summed E-state index contributed by atoms with van der Waals surface area (Å²) in [6.45, 7) is 0. The fraction of sp³-hybridized carbons (Fsp3) is 0.462. The Bertz CT molecular complexity index is 508. The zero-order valence-electron chi connectivity index (χ0n) is 9.97. The van der Waals surface area contributed by atoms with Gasteiger partial charge in [0.1, 0.15) is 0 Å². The van der Waals surface area contributed by atoms with E-state index in [0.717, 1.165) is 25.3 Å². The largest absolute Gasteiger partial charge is 0.417 e. The monoisotopic (exact) mass is 332 g/mol. The number of alkyl halides is 3. The van der Waals surface area contributed by atoms with E-state index >= 15 is 0 Å². The van der Waals surface area contributed by atoms with Crippen molar-refractivity contribution in [2.24, 2.45) is 5.92 Å². The molecule has 1 aromatic carbocycles. The molecule has 1 aliphatic rings. The number of benzene rings is 1. The maximum atomic E-state index is 12.8. The molecular formula is C13H12BrF3N2. The molecule has 0 bridgehead atoms. The van der Waals surface area contributed by atoms with Gasteiger partial charge < -0.3 is 5.32 Å². The molecule has 1 aliphatic carbocycles. The van der Waals surface area contributed by atoms with Crippen molar-refractivity contribution < 1.29 is 13.2 Å². The van der Waals surface area contributed by atoms with Gasteiger partial charge in [-0.15, -0.1) is 0 Å². The number of nitrogens with one attached hydrogen (secondary N) is 1. The Hall–Kier alpha value is -1.22. The fourth-order valence-corrected chi connectivity index (χ4v) is 2.81. The Balaban J connectivity index is 2.20. The highest BCUT2D eigenvalue weighted by Gasteiger charge is 2.34. The number of nitrogens with zero attached hydrogens (tertiary/aromatic N) is 1. The van der Waals surface area contributed by atoms with Crippen molar-refractivity contribution in [3.05, 3.63) is 28.2 Å². The maximum Gasteiger partial charge on any atom is 0.417 e. The van der Waals surface area contributed by atoms with Gasteiger partial charge in [0.05, 0.1) is 17.6 Å². The van der Waals surface area contributed by atoms with Crippen molar-refractivity contribution in [3.63, 3.8) is 0 Å². The van der Waals surface area contributed by atoms with Crippen molar-refractivity contribution in [3.8, 4) is 6.07 Å². The minimum absolute atomic E-state index is 0.0220. The zero-order chi connectivity index (χ0) is 14.0. The lowest BCUT2D eigenvalue weighted by atomic mass is 10.1. The summed E-state index contributed by atoms with van der Waals surface area (Å²) >= 11 is 2.90. The molecule has 2 unspecified atom stereocenters. The van der Waals surface area contributed by atoms with Crippen molar-refractivity contribution >= 4 is 21.6 Å². The van der Waals surface area contributed by atoms with Gasteiger partial charge in [-0.2, -0.15) is 18.4 Å². The van der Waals surface area contributed by atoms with Crippen molar-refractivity contribution in [2.75, 3.05) is 5.32 Å². The molecule has 0 amide bonds. The summed E-state index contributed by atoms with van der Waals surface area (Å²) < 4.78 is 38.3. The first-order valence-corrected chi connectivity index (χ1v) is 6.74. The van der Waals surface area contributed by atoms with Gasteiger partial charge in [0, 0.05) is 16.2 Å². The van der Waals surface area contributed by atoms with Gasteiger partial charge in [-0.3, -0.25) is 0 Å². The Morgan fingerprint density at radius 1 is 1.32 bits per heavy atom. The van der Waals surface area contributed by atoms with Crippen LogP contribution in [0.3, 0.4) is 0 Å². The minimum atomic E-state index is -4.39. The zero-order valence-corrected chi connectivity index (χ0v) is 11.6. The Labute approximate surface area is 117 Å². The number of hydrogen-bond donors (Lipinski definition) is 1. The second-order valence-corrected chi connectivity index (χ2v) is 5.46. The molecule has 2 atom stereocenters. The van der Waals surface area contributed by atoms with E-state index < -0.39 is 11.7 Å². The highest BCUT2D eigenvalue weighted by molar-refractivity contribution is 9.10. The third kappa shape index (κ3) is 3.21. The van der Waals surface area contributed by atoms with Crippen LogP contribution in [0.25, 0.3) is 0 Å². The second kappa shape index (κ2) is 5.41. The topological polar surface area (TPSA) is 35.8 Å². The number of anilines is 1. The Kier molecular flexibility index (Phi) is 4.04. The molecule has 102 valence electrons. The average molecular weight is 333 g/mol. The van der Waals surface area contributed by atoms with E-state index in [1.165, 1.54) is 6.07 Å². The summed E-state index contributed by atoms with van der Waals surface area (Å²) in [4.78, 5) is 0. The van der Waals surface area contributed by atoms with Gasteiger partial charge in [-0.05, 0) is 37.5 Å². The first kappa shape index (κ1) is 14.2. The predicted molar refractivity (Wildman–Crippen MR) is 69.5 cm³/mol. The normalized spacial score (nSPS) is 23.1. The molecule has 1 fully saturated rings. The first-order valence-electron chi connectivity index (χ1n) is 5.94. The molecule has 1 N–H and O–H groups in total. The second-order valence-electron chi connectivity index (χ2n) is 4.61. The Morgan fingerprint density at radius 2 is 2.05 bits per heavy atom. The van der Waals surface area contributed by atoms with E-state index in [0.29, 0.717) is 5.69 Å². The van der Waals surface area contributed by atoms with Crippen molar-refractivity contribution in [1.29, 1.82) is 5.26 Å². The van der Waals surface area contributed by atoms with E-state index in [-0.39, 0.29) is 16.4 Å². The van der Waals surface area contributed by atoms with Crippen LogP contribution in [-0.4, -0.2) is 6.04 Å². The first-order chi connectivity index (χ1) is 8.91. The summed E-state index contributed by atoms with van der Waals surface area (Å²) in [7, 11) is 0. The quantitative estimate of drug-likeness (QED) is 0.860. The van der Waals surface area contributed by atoms with Crippen LogP contribution in [0.5, 0.6) is 0 Å². The molecule has 0 aliphatic heterocycles. The van der Waals surface area contributed by atoms with Gasteiger partial charge >= 0.3 is 6.18 Å². The number of halogens is 4. The number of rotatable bonds is 2. The van der Waals surface area contributed by atoms with Gasteiger partial charge in [-0.25, -0.2) is 0 Å². The average Bonchev–Trinajstić information content (AvgIpc) is 2.77. The molecule has 1 aromatic rings. The maximum absolute atomic E-state index is 12.8. The van der Waals surface area contributed by atoms with Crippen LogP contribution in [0.1, 0.15) is 24.8 Å². The summed E-state index contributed by atoms with van der Waals surface area (Å²) in [5.74, 6) is -0.127. The molecule has 2 nitrogen and oxygen atoms in total. The van der Waals surface area contributed by atoms with Gasteiger partial charge in [0.25, 0.3) is 0 Å². The van der Waals surface area contributed by atoms with Crippen LogP contribution in [0.4, 0.5) is 18.9 Å². The van der Waals surface area contributed by atoms with Crippen LogP contribution < -0.4 is 5.32 Å². The molecule has 19 heavy (non-hydrogen) atoms. The third-order valence-electron chi connectivity index (χ3n) is 3.31. The highest BCUT2D eigenvalue weighted by Crippen LogP contribution is 2.37. The lowest BCUT2D eigenvalue weighted by molar-refractivity contribution is -0.138. The summed E-state index contributed by atoms with van der Waals surface area (Å²) in [6, 6.07) is 6.18. The van der Waals surface area contributed by atoms with Crippen molar-refractivity contribution in [1.82, 2.24) is 0 Å². The molecule has 1 saturated carbocycles. The van der Waals surface area contributed by atoms with Crippen LogP contribution in [0, 0.1) is 17.2 Å². The fourth-order valence-electron chi connectivity index (χ4n) is 2.33. The molecule has 2 rings (SSSR count). The van der Waals surface area contributed by atoms with Crippen LogP contribution in [0.2, 0.25) is 0 Å². The third-order valence-corrected chi connectivity index (χ3v) is 4.00. The molecule has 0 aromatic heterocycles. The lowest BCUT2D eigenvalue weighted by Gasteiger charge is -2.18. The van der Waals surface area contributed by atoms with Crippen LogP contribution >= 0.6 is 15.9 Å². The van der Waals surface area contributed by atoms with E-state index in [1.54, 1.807) is 6.07 Å². The highest BCUT2D eigenvalue weighted by atomic mass is 79.9. The predicted octanol–water partition coefficient (Wildman–Crippen LogP) is 4.57. The number of hydrogen-bond acceptors (Lipinski definition) is 2. The summed E-state index contributed by atoms with van der Waals surface area (Å²) in [5, 5.41) is 12.0. The van der Waals surface area contributed by atoms with Gasteiger partial charge in [0.2, 0.25) is 0 Å².